The highest BCUT2D eigenvalue weighted by molar-refractivity contribution is 5.40. The summed E-state index contributed by atoms with van der Waals surface area (Å²) in [6.07, 6.45) is 7.16. The molecule has 1 aromatic rings. The van der Waals surface area contributed by atoms with Crippen molar-refractivity contribution in [2.45, 2.75) is 31.8 Å². The third-order valence-electron chi connectivity index (χ3n) is 3.11. The van der Waals surface area contributed by atoms with Crippen molar-refractivity contribution in [3.63, 3.8) is 0 Å². The summed E-state index contributed by atoms with van der Waals surface area (Å²) >= 11 is 0. The Morgan fingerprint density at radius 3 is 2.94 bits per heavy atom. The van der Waals surface area contributed by atoms with Crippen LogP contribution >= 0.6 is 0 Å². The average Bonchev–Trinajstić information content (AvgIpc) is 2.37. The van der Waals surface area contributed by atoms with Gasteiger partial charge >= 0.3 is 0 Å². The van der Waals surface area contributed by atoms with Crippen molar-refractivity contribution >= 4 is 11.6 Å². The van der Waals surface area contributed by atoms with Gasteiger partial charge in [0.15, 0.2) is 5.82 Å². The fourth-order valence-corrected chi connectivity index (χ4v) is 2.22. The predicted octanol–water partition coefficient (Wildman–Crippen LogP) is 0.725. The van der Waals surface area contributed by atoms with Gasteiger partial charge in [-0.3, -0.25) is 4.98 Å². The lowest BCUT2D eigenvalue weighted by Gasteiger charge is -2.26. The van der Waals surface area contributed by atoms with Crippen molar-refractivity contribution in [1.29, 1.82) is 0 Å². The van der Waals surface area contributed by atoms with E-state index in [1.807, 2.05) is 0 Å². The van der Waals surface area contributed by atoms with Crippen LogP contribution in [-0.4, -0.2) is 27.7 Å². The summed E-state index contributed by atoms with van der Waals surface area (Å²) in [6, 6.07) is 0. The molecule has 2 atom stereocenters. The highest BCUT2D eigenvalue weighted by atomic mass is 16.3. The zero-order chi connectivity index (χ0) is 12.1. The van der Waals surface area contributed by atoms with E-state index in [1.165, 1.54) is 0 Å². The van der Waals surface area contributed by atoms with Crippen molar-refractivity contribution in [2.75, 3.05) is 17.3 Å². The quantitative estimate of drug-likeness (QED) is 0.455. The first-order valence-corrected chi connectivity index (χ1v) is 5.98. The van der Waals surface area contributed by atoms with E-state index in [1.54, 1.807) is 12.4 Å². The predicted molar refractivity (Wildman–Crippen MR) is 66.3 cm³/mol. The summed E-state index contributed by atoms with van der Waals surface area (Å²) < 4.78 is 0. The van der Waals surface area contributed by atoms with Gasteiger partial charge in [-0.2, -0.15) is 0 Å². The number of hydrogen-bond acceptors (Lipinski definition) is 6. The van der Waals surface area contributed by atoms with Gasteiger partial charge in [0.2, 0.25) is 0 Å². The van der Waals surface area contributed by atoms with Crippen molar-refractivity contribution in [3.05, 3.63) is 12.4 Å². The molecule has 5 N–H and O–H groups in total. The van der Waals surface area contributed by atoms with E-state index in [0.29, 0.717) is 17.6 Å². The number of anilines is 2. The van der Waals surface area contributed by atoms with Crippen LogP contribution in [-0.2, 0) is 0 Å². The standard InChI is InChI=1S/C11H19N5O/c12-16-11-7-13-6-10(15-11)14-5-8-2-1-3-9(17)4-8/h6-9,17H,1-5,12H2,(H2,14,15,16). The molecule has 1 aromatic heterocycles. The van der Waals surface area contributed by atoms with Crippen LogP contribution in [0.5, 0.6) is 0 Å². The third-order valence-corrected chi connectivity index (χ3v) is 3.11. The van der Waals surface area contributed by atoms with Crippen molar-refractivity contribution in [1.82, 2.24) is 9.97 Å². The molecule has 2 rings (SSSR count). The molecule has 1 saturated carbocycles. The lowest BCUT2D eigenvalue weighted by molar-refractivity contribution is 0.104. The Hall–Kier alpha value is -1.40. The van der Waals surface area contributed by atoms with Crippen LogP contribution in [0.25, 0.3) is 0 Å². The molecule has 0 aromatic carbocycles. The van der Waals surface area contributed by atoms with Crippen LogP contribution in [0.15, 0.2) is 12.4 Å². The van der Waals surface area contributed by atoms with Gasteiger partial charge in [0.25, 0.3) is 0 Å². The minimum absolute atomic E-state index is 0.140. The van der Waals surface area contributed by atoms with Crippen molar-refractivity contribution < 1.29 is 5.11 Å². The molecule has 2 unspecified atom stereocenters. The lowest BCUT2D eigenvalue weighted by atomic mass is 9.87. The number of nitrogens with two attached hydrogens (primary N) is 1. The molecule has 17 heavy (non-hydrogen) atoms. The van der Waals surface area contributed by atoms with Crippen LogP contribution in [0.2, 0.25) is 0 Å². The molecule has 0 bridgehead atoms. The van der Waals surface area contributed by atoms with E-state index in [2.05, 4.69) is 20.7 Å². The highest BCUT2D eigenvalue weighted by Gasteiger charge is 2.19. The summed E-state index contributed by atoms with van der Waals surface area (Å²) in [5.41, 5.74) is 2.46. The first-order chi connectivity index (χ1) is 8.28. The van der Waals surface area contributed by atoms with Gasteiger partial charge in [0.1, 0.15) is 5.82 Å². The number of nitrogen functional groups attached to an aromatic ring is 1. The lowest BCUT2D eigenvalue weighted by Crippen LogP contribution is -2.25. The van der Waals surface area contributed by atoms with Crippen LogP contribution in [0.4, 0.5) is 11.6 Å². The second-order valence-corrected chi connectivity index (χ2v) is 4.50. The van der Waals surface area contributed by atoms with E-state index in [-0.39, 0.29) is 6.10 Å². The van der Waals surface area contributed by atoms with Gasteiger partial charge in [-0.25, -0.2) is 10.8 Å². The van der Waals surface area contributed by atoms with Gasteiger partial charge in [0.05, 0.1) is 18.5 Å². The number of aromatic nitrogens is 2. The molecule has 0 radical (unpaired) electrons. The zero-order valence-electron chi connectivity index (χ0n) is 9.76. The van der Waals surface area contributed by atoms with E-state index in [9.17, 15) is 5.11 Å². The Morgan fingerprint density at radius 2 is 2.18 bits per heavy atom. The SMILES string of the molecule is NNc1cncc(NCC2CCCC(O)C2)n1. The fraction of sp³-hybridized carbons (Fsp3) is 0.636. The smallest absolute Gasteiger partial charge is 0.160 e. The van der Waals surface area contributed by atoms with Crippen LogP contribution in [0.3, 0.4) is 0 Å². The Balaban J connectivity index is 1.84. The largest absolute Gasteiger partial charge is 0.393 e. The van der Waals surface area contributed by atoms with Crippen LogP contribution in [0.1, 0.15) is 25.7 Å². The number of nitrogens with zero attached hydrogens (tertiary/aromatic N) is 2. The molecule has 1 fully saturated rings. The number of aliphatic hydroxyl groups excluding tert-OH is 1. The number of hydrogen-bond donors (Lipinski definition) is 4. The molecule has 0 aliphatic heterocycles. The number of hydrazine groups is 1. The normalized spacial score (nSPS) is 24.4. The summed E-state index contributed by atoms with van der Waals surface area (Å²) in [5, 5.41) is 12.8. The number of rotatable bonds is 4. The van der Waals surface area contributed by atoms with E-state index < -0.39 is 0 Å². The van der Waals surface area contributed by atoms with Crippen molar-refractivity contribution in [3.8, 4) is 0 Å². The molecule has 1 aliphatic carbocycles. The third kappa shape index (κ3) is 3.54. The maximum atomic E-state index is 9.58. The monoisotopic (exact) mass is 237 g/mol. The number of nitrogens with one attached hydrogen (secondary N) is 2. The minimum Gasteiger partial charge on any atom is -0.393 e. The Morgan fingerprint density at radius 1 is 1.35 bits per heavy atom. The molecule has 1 aliphatic rings. The van der Waals surface area contributed by atoms with Gasteiger partial charge < -0.3 is 15.8 Å². The van der Waals surface area contributed by atoms with Gasteiger partial charge in [-0.1, -0.05) is 6.42 Å². The molecule has 0 spiro atoms. The van der Waals surface area contributed by atoms with Gasteiger partial charge in [-0.15, -0.1) is 0 Å². The molecule has 6 heteroatoms. The van der Waals surface area contributed by atoms with Gasteiger partial charge in [0, 0.05) is 6.54 Å². The summed E-state index contributed by atoms with van der Waals surface area (Å²) in [4.78, 5) is 8.24. The zero-order valence-corrected chi connectivity index (χ0v) is 9.76. The Kier molecular flexibility index (Phi) is 4.11. The highest BCUT2D eigenvalue weighted by Crippen LogP contribution is 2.24. The summed E-state index contributed by atoms with van der Waals surface area (Å²) in [6.45, 7) is 0.819. The summed E-state index contributed by atoms with van der Waals surface area (Å²) in [5.74, 6) is 7.02. The Bertz CT molecular complexity index is 359. The first kappa shape index (κ1) is 12.1. The molecule has 0 saturated heterocycles. The molecule has 6 nitrogen and oxygen atoms in total. The molecule has 0 amide bonds. The number of aliphatic hydroxyl groups is 1. The maximum Gasteiger partial charge on any atom is 0.160 e. The van der Waals surface area contributed by atoms with Crippen LogP contribution < -0.4 is 16.6 Å². The topological polar surface area (TPSA) is 96.1 Å². The Labute approximate surface area is 101 Å². The van der Waals surface area contributed by atoms with Crippen LogP contribution in [0, 0.1) is 5.92 Å². The molecular formula is C11H19N5O. The maximum absolute atomic E-state index is 9.58. The summed E-state index contributed by atoms with van der Waals surface area (Å²) in [7, 11) is 0. The second-order valence-electron chi connectivity index (χ2n) is 4.50. The minimum atomic E-state index is -0.140. The molecule has 94 valence electrons. The van der Waals surface area contributed by atoms with Crippen molar-refractivity contribution in [2.24, 2.45) is 11.8 Å². The average molecular weight is 237 g/mol. The second kappa shape index (κ2) is 5.79. The van der Waals surface area contributed by atoms with E-state index >= 15 is 0 Å². The van der Waals surface area contributed by atoms with E-state index in [4.69, 9.17) is 5.84 Å². The van der Waals surface area contributed by atoms with E-state index in [0.717, 1.165) is 32.2 Å². The molecular weight excluding hydrogens is 218 g/mol. The van der Waals surface area contributed by atoms with Gasteiger partial charge in [-0.05, 0) is 25.2 Å². The fourth-order valence-electron chi connectivity index (χ4n) is 2.22. The first-order valence-electron chi connectivity index (χ1n) is 5.98. The molecule has 1 heterocycles.